The molecule has 0 spiro atoms. The van der Waals surface area contributed by atoms with Crippen molar-refractivity contribution in [1.29, 1.82) is 0 Å². The van der Waals surface area contributed by atoms with E-state index >= 15 is 0 Å². The molecule has 5 nitrogen and oxygen atoms in total. The monoisotopic (exact) mass is 189 g/mol. The van der Waals surface area contributed by atoms with Gasteiger partial charge in [-0.3, -0.25) is 0 Å². The number of hydrogen-bond donors (Lipinski definition) is 0. The molecule has 0 atom stereocenters. The molecule has 0 bridgehead atoms. The van der Waals surface area contributed by atoms with E-state index in [2.05, 4.69) is 4.98 Å². The third-order valence-corrected chi connectivity index (χ3v) is 1.76. The average Bonchev–Trinajstić information content (AvgIpc) is 2.34. The van der Waals surface area contributed by atoms with Crippen LogP contribution in [0.15, 0.2) is 6.20 Å². The number of nitro groups is 1. The number of aromatic nitrogens is 2. The molecule has 0 aliphatic carbocycles. The van der Waals surface area contributed by atoms with Crippen LogP contribution in [0.5, 0.6) is 0 Å². The van der Waals surface area contributed by atoms with Crippen LogP contribution >= 0.6 is 11.6 Å². The largest absolute Gasteiger partial charge is 0.434 e. The second-order valence-corrected chi connectivity index (χ2v) is 2.68. The van der Waals surface area contributed by atoms with Gasteiger partial charge in [0.25, 0.3) is 0 Å². The van der Waals surface area contributed by atoms with E-state index in [1.54, 1.807) is 7.05 Å². The fourth-order valence-electron chi connectivity index (χ4n) is 0.933. The van der Waals surface area contributed by atoms with Gasteiger partial charge in [-0.15, -0.1) is 11.6 Å². The summed E-state index contributed by atoms with van der Waals surface area (Å²) < 4.78 is 1.43. The fourth-order valence-corrected chi connectivity index (χ4v) is 1.13. The Hall–Kier alpha value is -1.10. The molecule has 0 saturated carbocycles. The van der Waals surface area contributed by atoms with E-state index in [1.165, 1.54) is 10.8 Å². The molecule has 6 heteroatoms. The lowest BCUT2D eigenvalue weighted by atomic mass is 10.4. The highest BCUT2D eigenvalue weighted by atomic mass is 35.5. The molecule has 0 unspecified atom stereocenters. The van der Waals surface area contributed by atoms with Gasteiger partial charge < -0.3 is 10.1 Å². The summed E-state index contributed by atoms with van der Waals surface area (Å²) in [6.07, 6.45) is 2.07. The highest BCUT2D eigenvalue weighted by Gasteiger charge is 2.15. The number of halogens is 1. The minimum Gasteiger partial charge on any atom is -0.390 e. The minimum absolute atomic E-state index is 0.143. The molecule has 0 aliphatic rings. The Morgan fingerprint density at radius 3 is 2.92 bits per heavy atom. The Morgan fingerprint density at radius 1 is 1.83 bits per heavy atom. The quantitative estimate of drug-likeness (QED) is 0.407. The van der Waals surface area contributed by atoms with E-state index in [0.29, 0.717) is 12.3 Å². The Morgan fingerprint density at radius 2 is 2.50 bits per heavy atom. The SMILES string of the molecule is Cn1c(CCCl)cnc1[N+](=O)[O-]. The number of rotatable bonds is 3. The number of hydrogen-bond acceptors (Lipinski definition) is 3. The molecular weight excluding hydrogens is 182 g/mol. The van der Waals surface area contributed by atoms with Gasteiger partial charge in [-0.25, -0.2) is 4.57 Å². The van der Waals surface area contributed by atoms with E-state index in [9.17, 15) is 10.1 Å². The molecule has 0 amide bonds. The van der Waals surface area contributed by atoms with Crippen molar-refractivity contribution >= 4 is 17.5 Å². The van der Waals surface area contributed by atoms with E-state index in [0.717, 1.165) is 5.69 Å². The number of imidazole rings is 1. The molecule has 1 aromatic heterocycles. The Bertz CT molecular complexity index is 297. The lowest BCUT2D eigenvalue weighted by Crippen LogP contribution is -2.02. The maximum atomic E-state index is 10.3. The van der Waals surface area contributed by atoms with Crippen LogP contribution in [-0.2, 0) is 13.5 Å². The van der Waals surface area contributed by atoms with Gasteiger partial charge in [-0.2, -0.15) is 0 Å². The first kappa shape index (κ1) is 8.99. The van der Waals surface area contributed by atoms with Crippen molar-refractivity contribution in [2.24, 2.45) is 7.05 Å². The smallest absolute Gasteiger partial charge is 0.390 e. The summed E-state index contributed by atoms with van der Waals surface area (Å²) in [5.74, 6) is 0.298. The van der Waals surface area contributed by atoms with Crippen molar-refractivity contribution in [1.82, 2.24) is 9.55 Å². The predicted octanol–water partition coefficient (Wildman–Crippen LogP) is 1.11. The van der Waals surface area contributed by atoms with Crippen LogP contribution in [0.4, 0.5) is 5.95 Å². The Labute approximate surface area is 74.1 Å². The molecule has 0 aliphatic heterocycles. The van der Waals surface area contributed by atoms with E-state index < -0.39 is 4.92 Å². The van der Waals surface area contributed by atoms with Gasteiger partial charge in [-0.1, -0.05) is 4.98 Å². The van der Waals surface area contributed by atoms with Gasteiger partial charge in [0, 0.05) is 12.3 Å². The Kier molecular flexibility index (Phi) is 2.65. The summed E-state index contributed by atoms with van der Waals surface area (Å²) in [4.78, 5) is 13.5. The Balaban J connectivity index is 2.96. The lowest BCUT2D eigenvalue weighted by molar-refractivity contribution is -0.396. The first-order valence-electron chi connectivity index (χ1n) is 3.37. The van der Waals surface area contributed by atoms with Gasteiger partial charge in [0.1, 0.15) is 11.9 Å². The van der Waals surface area contributed by atoms with Crippen LogP contribution in [0.2, 0.25) is 0 Å². The zero-order valence-electron chi connectivity index (χ0n) is 6.53. The standard InChI is InChI=1S/C6H8ClN3O2/c1-9-5(2-3-7)4-8-6(9)10(11)12/h4H,2-3H2,1H3. The number of alkyl halides is 1. The third-order valence-electron chi connectivity index (χ3n) is 1.57. The summed E-state index contributed by atoms with van der Waals surface area (Å²) in [5, 5.41) is 10.3. The van der Waals surface area contributed by atoms with Crippen LogP contribution in [0.3, 0.4) is 0 Å². The molecule has 1 aromatic rings. The summed E-state index contributed by atoms with van der Waals surface area (Å²) in [7, 11) is 1.60. The van der Waals surface area contributed by atoms with Gasteiger partial charge in [0.2, 0.25) is 0 Å². The van der Waals surface area contributed by atoms with Crippen molar-refractivity contribution < 1.29 is 4.92 Å². The summed E-state index contributed by atoms with van der Waals surface area (Å²) in [6, 6.07) is 0. The number of nitrogens with zero attached hydrogens (tertiary/aromatic N) is 3. The zero-order valence-corrected chi connectivity index (χ0v) is 7.28. The molecule has 0 fully saturated rings. The van der Waals surface area contributed by atoms with Gasteiger partial charge >= 0.3 is 5.95 Å². The second-order valence-electron chi connectivity index (χ2n) is 2.30. The molecular formula is C6H8ClN3O2. The molecule has 0 saturated heterocycles. The molecule has 1 rings (SSSR count). The molecule has 1 heterocycles. The van der Waals surface area contributed by atoms with Gasteiger partial charge in [0.05, 0.1) is 7.05 Å². The van der Waals surface area contributed by atoms with E-state index in [1.807, 2.05) is 0 Å². The average molecular weight is 190 g/mol. The molecule has 12 heavy (non-hydrogen) atoms. The second kappa shape index (κ2) is 3.53. The minimum atomic E-state index is -0.516. The van der Waals surface area contributed by atoms with Crippen LogP contribution in [0.25, 0.3) is 0 Å². The van der Waals surface area contributed by atoms with Crippen molar-refractivity contribution in [2.75, 3.05) is 5.88 Å². The van der Waals surface area contributed by atoms with Gasteiger partial charge in [0.15, 0.2) is 0 Å². The maximum Gasteiger partial charge on any atom is 0.434 e. The summed E-state index contributed by atoms with van der Waals surface area (Å²) in [6.45, 7) is 0. The zero-order chi connectivity index (χ0) is 9.14. The highest BCUT2D eigenvalue weighted by molar-refractivity contribution is 6.17. The molecule has 0 N–H and O–H groups in total. The predicted molar refractivity (Wildman–Crippen MR) is 44.3 cm³/mol. The molecule has 66 valence electrons. The van der Waals surface area contributed by atoms with Crippen LogP contribution in [0, 0.1) is 10.1 Å². The fraction of sp³-hybridized carbons (Fsp3) is 0.500. The lowest BCUT2D eigenvalue weighted by Gasteiger charge is -1.96. The summed E-state index contributed by atoms with van der Waals surface area (Å²) in [5.41, 5.74) is 0.775. The topological polar surface area (TPSA) is 61.0 Å². The van der Waals surface area contributed by atoms with Crippen molar-refractivity contribution in [2.45, 2.75) is 6.42 Å². The van der Waals surface area contributed by atoms with Gasteiger partial charge in [-0.05, 0) is 4.92 Å². The molecule has 0 aromatic carbocycles. The van der Waals surface area contributed by atoms with Crippen molar-refractivity contribution in [3.8, 4) is 0 Å². The van der Waals surface area contributed by atoms with E-state index in [-0.39, 0.29) is 5.95 Å². The number of aryl methyl sites for hydroxylation is 1. The van der Waals surface area contributed by atoms with Crippen LogP contribution in [-0.4, -0.2) is 20.4 Å². The van der Waals surface area contributed by atoms with Crippen LogP contribution < -0.4 is 0 Å². The normalized spacial score (nSPS) is 10.2. The first-order chi connectivity index (χ1) is 5.66. The summed E-state index contributed by atoms with van der Waals surface area (Å²) >= 11 is 5.49. The highest BCUT2D eigenvalue weighted by Crippen LogP contribution is 2.10. The first-order valence-corrected chi connectivity index (χ1v) is 3.91. The van der Waals surface area contributed by atoms with Crippen LogP contribution in [0.1, 0.15) is 5.69 Å². The third kappa shape index (κ3) is 1.55. The molecule has 0 radical (unpaired) electrons. The van der Waals surface area contributed by atoms with E-state index in [4.69, 9.17) is 11.6 Å². The maximum absolute atomic E-state index is 10.3. The van der Waals surface area contributed by atoms with Crippen molar-refractivity contribution in [3.63, 3.8) is 0 Å². The van der Waals surface area contributed by atoms with Crippen molar-refractivity contribution in [3.05, 3.63) is 22.0 Å².